The highest BCUT2D eigenvalue weighted by Gasteiger charge is 2.22. The number of nitrogens with one attached hydrogen (secondary N) is 2. The van der Waals surface area contributed by atoms with Crippen molar-refractivity contribution < 1.29 is 19.0 Å². The average molecular weight is 344 g/mol. The van der Waals surface area contributed by atoms with E-state index in [1.165, 1.54) is 0 Å². The molecule has 0 bridgehead atoms. The summed E-state index contributed by atoms with van der Waals surface area (Å²) in [6, 6.07) is 5.55. The molecule has 1 aromatic heterocycles. The third kappa shape index (κ3) is 3.74. The van der Waals surface area contributed by atoms with Gasteiger partial charge in [0.05, 0.1) is 19.6 Å². The Balaban J connectivity index is 1.38. The molecule has 0 aliphatic carbocycles. The van der Waals surface area contributed by atoms with Gasteiger partial charge in [0, 0.05) is 13.0 Å². The summed E-state index contributed by atoms with van der Waals surface area (Å²) in [4.78, 5) is 16.5. The number of H-pyrrole nitrogens is 1. The molecular formula is C17H20N4O4. The van der Waals surface area contributed by atoms with Gasteiger partial charge in [-0.3, -0.25) is 15.2 Å². The third-order valence-electron chi connectivity index (χ3n) is 4.17. The summed E-state index contributed by atoms with van der Waals surface area (Å²) in [5.41, 5.74) is 0.844. The first kappa shape index (κ1) is 15.9. The molecule has 0 saturated carbocycles. The van der Waals surface area contributed by atoms with Crippen LogP contribution >= 0.6 is 0 Å². The molecule has 2 aliphatic heterocycles. The van der Waals surface area contributed by atoms with Crippen LogP contribution in [0.2, 0.25) is 0 Å². The maximum absolute atomic E-state index is 12.2. The molecular weight excluding hydrogens is 324 g/mol. The van der Waals surface area contributed by atoms with Crippen LogP contribution in [0.1, 0.15) is 36.8 Å². The Bertz CT molecular complexity index is 755. The van der Waals surface area contributed by atoms with Gasteiger partial charge in [-0.2, -0.15) is 4.98 Å². The minimum atomic E-state index is -0.188. The van der Waals surface area contributed by atoms with Crippen molar-refractivity contribution in [3.05, 3.63) is 29.6 Å². The smallest absolute Gasteiger partial charge is 0.248 e. The highest BCUT2D eigenvalue weighted by Crippen LogP contribution is 2.30. The van der Waals surface area contributed by atoms with Crippen LogP contribution in [0.5, 0.6) is 11.5 Å². The molecule has 8 heteroatoms. The minimum Gasteiger partial charge on any atom is -0.490 e. The average Bonchev–Trinajstić information content (AvgIpc) is 3.23. The summed E-state index contributed by atoms with van der Waals surface area (Å²) < 4.78 is 16.8. The summed E-state index contributed by atoms with van der Waals surface area (Å²) in [7, 11) is 0. The lowest BCUT2D eigenvalue weighted by molar-refractivity contribution is -0.115. The van der Waals surface area contributed by atoms with Crippen LogP contribution in [0, 0.1) is 0 Å². The molecule has 2 aliphatic rings. The zero-order valence-electron chi connectivity index (χ0n) is 13.8. The number of aromatic amines is 1. The number of hydrogen-bond donors (Lipinski definition) is 2. The summed E-state index contributed by atoms with van der Waals surface area (Å²) in [6.07, 6.45) is 2.93. The van der Waals surface area contributed by atoms with Gasteiger partial charge in [0.2, 0.25) is 11.9 Å². The maximum Gasteiger partial charge on any atom is 0.248 e. The Morgan fingerprint density at radius 3 is 2.92 bits per heavy atom. The van der Waals surface area contributed by atoms with E-state index >= 15 is 0 Å². The van der Waals surface area contributed by atoms with Crippen molar-refractivity contribution in [2.24, 2.45) is 0 Å². The lowest BCUT2D eigenvalue weighted by Gasteiger charge is -2.09. The normalized spacial score (nSPS) is 19.4. The second kappa shape index (κ2) is 7.10. The summed E-state index contributed by atoms with van der Waals surface area (Å²) >= 11 is 0. The fourth-order valence-electron chi connectivity index (χ4n) is 2.94. The standard InChI is InChI=1S/C17H20N4O4/c22-15(18-17-19-16(20-21-17)13-3-1-6-24-13)10-11-4-5-12-14(9-11)25-8-2-7-23-12/h4-5,9,13H,1-3,6-8,10H2,(H2,18,19,20,21,22). The Morgan fingerprint density at radius 1 is 1.20 bits per heavy atom. The van der Waals surface area contributed by atoms with Crippen molar-refractivity contribution in [3.63, 3.8) is 0 Å². The first-order chi connectivity index (χ1) is 12.3. The van der Waals surface area contributed by atoms with Gasteiger partial charge in [0.15, 0.2) is 17.3 Å². The largest absolute Gasteiger partial charge is 0.490 e. The van der Waals surface area contributed by atoms with Gasteiger partial charge in [-0.1, -0.05) is 6.07 Å². The second-order valence-electron chi connectivity index (χ2n) is 6.10. The van der Waals surface area contributed by atoms with Crippen molar-refractivity contribution in [1.29, 1.82) is 0 Å². The van der Waals surface area contributed by atoms with Crippen molar-refractivity contribution in [1.82, 2.24) is 15.2 Å². The van der Waals surface area contributed by atoms with Gasteiger partial charge in [-0.25, -0.2) is 0 Å². The number of carbonyl (C=O) groups is 1. The van der Waals surface area contributed by atoms with E-state index in [-0.39, 0.29) is 24.4 Å². The lowest BCUT2D eigenvalue weighted by atomic mass is 10.1. The number of ether oxygens (including phenoxy) is 3. The highest BCUT2D eigenvalue weighted by molar-refractivity contribution is 5.90. The van der Waals surface area contributed by atoms with E-state index in [1.807, 2.05) is 18.2 Å². The van der Waals surface area contributed by atoms with Crippen LogP contribution in [-0.4, -0.2) is 40.9 Å². The molecule has 1 unspecified atom stereocenters. The Kier molecular flexibility index (Phi) is 4.51. The van der Waals surface area contributed by atoms with Crippen molar-refractivity contribution in [2.75, 3.05) is 25.1 Å². The van der Waals surface area contributed by atoms with Crippen LogP contribution in [-0.2, 0) is 16.0 Å². The van der Waals surface area contributed by atoms with E-state index in [0.29, 0.717) is 24.8 Å². The number of amides is 1. The monoisotopic (exact) mass is 344 g/mol. The van der Waals surface area contributed by atoms with Gasteiger partial charge < -0.3 is 14.2 Å². The summed E-state index contributed by atoms with van der Waals surface area (Å²) in [6.45, 7) is 1.99. The lowest BCUT2D eigenvalue weighted by Crippen LogP contribution is -2.15. The Morgan fingerprint density at radius 2 is 2.08 bits per heavy atom. The quantitative estimate of drug-likeness (QED) is 0.880. The first-order valence-electron chi connectivity index (χ1n) is 8.50. The molecule has 132 valence electrons. The highest BCUT2D eigenvalue weighted by atomic mass is 16.5. The fourth-order valence-corrected chi connectivity index (χ4v) is 2.94. The SMILES string of the molecule is O=C(Cc1ccc2c(c1)OCCCO2)Nc1n[nH]c(C2CCCO2)n1. The van der Waals surface area contributed by atoms with E-state index in [2.05, 4.69) is 20.5 Å². The maximum atomic E-state index is 12.2. The van der Waals surface area contributed by atoms with E-state index in [9.17, 15) is 4.79 Å². The minimum absolute atomic E-state index is 0.0557. The molecule has 2 N–H and O–H groups in total. The molecule has 1 atom stereocenters. The topological polar surface area (TPSA) is 98.4 Å². The predicted molar refractivity (Wildman–Crippen MR) is 88.7 cm³/mol. The van der Waals surface area contributed by atoms with Crippen molar-refractivity contribution in [2.45, 2.75) is 31.8 Å². The molecule has 2 aromatic rings. The Hall–Kier alpha value is -2.61. The number of benzene rings is 1. The number of anilines is 1. The number of nitrogens with zero attached hydrogens (tertiary/aromatic N) is 2. The molecule has 3 heterocycles. The van der Waals surface area contributed by atoms with E-state index < -0.39 is 0 Å². The molecule has 8 nitrogen and oxygen atoms in total. The molecule has 1 aromatic carbocycles. The molecule has 0 radical (unpaired) electrons. The van der Waals surface area contributed by atoms with Crippen LogP contribution in [0.25, 0.3) is 0 Å². The third-order valence-corrected chi connectivity index (χ3v) is 4.17. The van der Waals surface area contributed by atoms with E-state index in [4.69, 9.17) is 14.2 Å². The first-order valence-corrected chi connectivity index (χ1v) is 8.50. The molecule has 1 saturated heterocycles. The zero-order chi connectivity index (χ0) is 17.1. The second-order valence-corrected chi connectivity index (χ2v) is 6.10. The van der Waals surface area contributed by atoms with Crippen LogP contribution in [0.4, 0.5) is 5.95 Å². The summed E-state index contributed by atoms with van der Waals surface area (Å²) in [5, 5.41) is 9.57. The van der Waals surface area contributed by atoms with Crippen molar-refractivity contribution in [3.8, 4) is 11.5 Å². The fraction of sp³-hybridized carbons (Fsp3) is 0.471. The zero-order valence-corrected chi connectivity index (χ0v) is 13.8. The van der Waals surface area contributed by atoms with Crippen molar-refractivity contribution >= 4 is 11.9 Å². The number of hydrogen-bond acceptors (Lipinski definition) is 6. The van der Waals surface area contributed by atoms with Gasteiger partial charge in [0.25, 0.3) is 0 Å². The molecule has 25 heavy (non-hydrogen) atoms. The number of aromatic nitrogens is 3. The number of fused-ring (bicyclic) bond motifs is 1. The number of carbonyl (C=O) groups excluding carboxylic acids is 1. The van der Waals surface area contributed by atoms with Gasteiger partial charge >= 0.3 is 0 Å². The van der Waals surface area contributed by atoms with Crippen LogP contribution < -0.4 is 14.8 Å². The molecule has 1 amide bonds. The molecule has 4 rings (SSSR count). The Labute approximate surface area is 144 Å². The van der Waals surface area contributed by atoms with Gasteiger partial charge in [-0.05, 0) is 30.5 Å². The molecule has 0 spiro atoms. The molecule has 1 fully saturated rings. The van der Waals surface area contributed by atoms with Crippen LogP contribution in [0.15, 0.2) is 18.2 Å². The van der Waals surface area contributed by atoms with Gasteiger partial charge in [0.1, 0.15) is 6.10 Å². The predicted octanol–water partition coefficient (Wildman–Crippen LogP) is 2.00. The van der Waals surface area contributed by atoms with Gasteiger partial charge in [-0.15, -0.1) is 5.10 Å². The van der Waals surface area contributed by atoms with Crippen LogP contribution in [0.3, 0.4) is 0 Å². The number of rotatable bonds is 4. The summed E-state index contributed by atoms with van der Waals surface area (Å²) in [5.74, 6) is 2.14. The van der Waals surface area contributed by atoms with E-state index in [0.717, 1.165) is 37.2 Å². The van der Waals surface area contributed by atoms with E-state index in [1.54, 1.807) is 0 Å².